The maximum Gasteiger partial charge on any atom is 0.310 e. The molecule has 1 amide bonds. The summed E-state index contributed by atoms with van der Waals surface area (Å²) in [6.07, 6.45) is 0. The highest BCUT2D eigenvalue weighted by Crippen LogP contribution is 2.18. The van der Waals surface area contributed by atoms with E-state index < -0.39 is 11.4 Å². The van der Waals surface area contributed by atoms with E-state index in [0.29, 0.717) is 12.2 Å². The summed E-state index contributed by atoms with van der Waals surface area (Å²) in [7, 11) is 0. The largest absolute Gasteiger partial charge is 0.481 e. The molecule has 1 aromatic carbocycles. The molecule has 1 rings (SSSR count). The molecule has 5 heteroatoms. The van der Waals surface area contributed by atoms with Crippen LogP contribution < -0.4 is 10.6 Å². The highest BCUT2D eigenvalue weighted by Gasteiger charge is 2.26. The van der Waals surface area contributed by atoms with Crippen molar-refractivity contribution in [3.8, 4) is 0 Å². The Balaban J connectivity index is 2.59. The lowest BCUT2D eigenvalue weighted by molar-refractivity contribution is -0.146. The van der Waals surface area contributed by atoms with Gasteiger partial charge in [0.15, 0.2) is 0 Å². The van der Waals surface area contributed by atoms with Crippen molar-refractivity contribution in [2.24, 2.45) is 5.41 Å². The number of benzene rings is 1. The molecule has 0 unspecified atom stereocenters. The number of nitrogens with one attached hydrogen (secondary N) is 2. The van der Waals surface area contributed by atoms with Crippen molar-refractivity contribution in [3.05, 3.63) is 24.3 Å². The number of carbonyl (C=O) groups is 2. The number of aliphatic carboxylic acids is 1. The van der Waals surface area contributed by atoms with Crippen molar-refractivity contribution in [1.82, 2.24) is 0 Å². The van der Waals surface area contributed by atoms with Crippen molar-refractivity contribution in [3.63, 3.8) is 0 Å². The first kappa shape index (κ1) is 14.0. The van der Waals surface area contributed by atoms with Gasteiger partial charge < -0.3 is 15.7 Å². The van der Waals surface area contributed by atoms with Crippen LogP contribution in [0, 0.1) is 5.41 Å². The average Bonchev–Trinajstić information content (AvgIpc) is 2.27. The lowest BCUT2D eigenvalue weighted by Crippen LogP contribution is -2.31. The molecule has 0 aliphatic heterocycles. The number of hydrogen-bond acceptors (Lipinski definition) is 3. The van der Waals surface area contributed by atoms with Gasteiger partial charge in [-0.15, -0.1) is 0 Å². The molecule has 0 saturated heterocycles. The van der Waals surface area contributed by atoms with Crippen LogP contribution in [0.4, 0.5) is 11.4 Å². The summed E-state index contributed by atoms with van der Waals surface area (Å²) in [5.41, 5.74) is 0.708. The van der Waals surface area contributed by atoms with Gasteiger partial charge in [-0.25, -0.2) is 0 Å². The SMILES string of the molecule is CC(=O)Nc1ccc(NCC(C)(C)C(=O)O)cc1. The maximum absolute atomic E-state index is 10.9. The molecule has 0 aliphatic carbocycles. The monoisotopic (exact) mass is 250 g/mol. The minimum atomic E-state index is -0.843. The van der Waals surface area contributed by atoms with Crippen LogP contribution in [-0.2, 0) is 9.59 Å². The van der Waals surface area contributed by atoms with Crippen molar-refractivity contribution < 1.29 is 14.7 Å². The molecule has 5 nitrogen and oxygen atoms in total. The first-order chi connectivity index (χ1) is 8.31. The average molecular weight is 250 g/mol. The van der Waals surface area contributed by atoms with Crippen LogP contribution in [0.5, 0.6) is 0 Å². The van der Waals surface area contributed by atoms with E-state index in [2.05, 4.69) is 10.6 Å². The Bertz CT molecular complexity index is 438. The molecular formula is C13H18N2O3. The lowest BCUT2D eigenvalue weighted by Gasteiger charge is -2.20. The van der Waals surface area contributed by atoms with Crippen molar-refractivity contribution in [2.45, 2.75) is 20.8 Å². The molecule has 0 aromatic heterocycles. The highest BCUT2D eigenvalue weighted by atomic mass is 16.4. The molecule has 1 aromatic rings. The Hall–Kier alpha value is -2.04. The minimum Gasteiger partial charge on any atom is -0.481 e. The lowest BCUT2D eigenvalue weighted by atomic mass is 9.94. The summed E-state index contributed by atoms with van der Waals surface area (Å²) in [6, 6.07) is 7.11. The van der Waals surface area contributed by atoms with Crippen LogP contribution in [0.2, 0.25) is 0 Å². The maximum atomic E-state index is 10.9. The van der Waals surface area contributed by atoms with E-state index in [-0.39, 0.29) is 5.91 Å². The van der Waals surface area contributed by atoms with Crippen LogP contribution in [-0.4, -0.2) is 23.5 Å². The van der Waals surface area contributed by atoms with Crippen LogP contribution in [0.1, 0.15) is 20.8 Å². The van der Waals surface area contributed by atoms with E-state index in [1.807, 2.05) is 0 Å². The Morgan fingerprint density at radius 1 is 1.17 bits per heavy atom. The normalized spacial score (nSPS) is 10.8. The second kappa shape index (κ2) is 5.53. The van der Waals surface area contributed by atoms with Gasteiger partial charge in [-0.1, -0.05) is 0 Å². The first-order valence-corrected chi connectivity index (χ1v) is 5.66. The summed E-state index contributed by atoms with van der Waals surface area (Å²) in [6.45, 7) is 5.10. The van der Waals surface area contributed by atoms with Crippen molar-refractivity contribution in [2.75, 3.05) is 17.2 Å². The van der Waals surface area contributed by atoms with Gasteiger partial charge in [-0.05, 0) is 38.1 Å². The fourth-order valence-corrected chi connectivity index (χ4v) is 1.27. The molecule has 0 fully saturated rings. The van der Waals surface area contributed by atoms with Crippen LogP contribution in [0.3, 0.4) is 0 Å². The van der Waals surface area contributed by atoms with E-state index in [0.717, 1.165) is 5.69 Å². The van der Waals surface area contributed by atoms with Gasteiger partial charge in [0.25, 0.3) is 0 Å². The minimum absolute atomic E-state index is 0.122. The third-order valence-corrected chi connectivity index (χ3v) is 2.52. The fourth-order valence-electron chi connectivity index (χ4n) is 1.27. The van der Waals surface area contributed by atoms with Crippen LogP contribution >= 0.6 is 0 Å². The molecule has 0 spiro atoms. The van der Waals surface area contributed by atoms with E-state index in [9.17, 15) is 9.59 Å². The smallest absolute Gasteiger partial charge is 0.310 e. The number of rotatable bonds is 5. The standard InChI is InChI=1S/C13H18N2O3/c1-9(16)15-11-6-4-10(5-7-11)14-8-13(2,3)12(17)18/h4-7,14H,8H2,1-3H3,(H,15,16)(H,17,18). The van der Waals surface area contributed by atoms with Gasteiger partial charge in [-0.2, -0.15) is 0 Å². The summed E-state index contributed by atoms with van der Waals surface area (Å²) >= 11 is 0. The topological polar surface area (TPSA) is 78.4 Å². The molecule has 98 valence electrons. The van der Waals surface area contributed by atoms with Crippen molar-refractivity contribution in [1.29, 1.82) is 0 Å². The zero-order valence-electron chi connectivity index (χ0n) is 10.8. The van der Waals surface area contributed by atoms with Gasteiger partial charge >= 0.3 is 5.97 Å². The van der Waals surface area contributed by atoms with Gasteiger partial charge in [0.2, 0.25) is 5.91 Å². The van der Waals surface area contributed by atoms with E-state index >= 15 is 0 Å². The summed E-state index contributed by atoms with van der Waals surface area (Å²) in [5, 5.41) is 14.7. The van der Waals surface area contributed by atoms with E-state index in [1.165, 1.54) is 6.92 Å². The summed E-state index contributed by atoms with van der Waals surface area (Å²) in [4.78, 5) is 21.8. The number of carbonyl (C=O) groups excluding carboxylic acids is 1. The van der Waals surface area contributed by atoms with Gasteiger partial charge in [0, 0.05) is 24.8 Å². The molecule has 0 heterocycles. The van der Waals surface area contributed by atoms with Crippen molar-refractivity contribution >= 4 is 23.3 Å². The molecule has 0 atom stereocenters. The Labute approximate surface area is 106 Å². The second-order valence-electron chi connectivity index (χ2n) is 4.80. The summed E-state index contributed by atoms with van der Waals surface area (Å²) < 4.78 is 0. The Morgan fingerprint density at radius 2 is 1.67 bits per heavy atom. The molecule has 3 N–H and O–H groups in total. The van der Waals surface area contributed by atoms with E-state index in [4.69, 9.17) is 5.11 Å². The molecule has 0 bridgehead atoms. The molecule has 18 heavy (non-hydrogen) atoms. The molecule has 0 saturated carbocycles. The second-order valence-corrected chi connectivity index (χ2v) is 4.80. The number of anilines is 2. The molecule has 0 aliphatic rings. The number of carboxylic acids is 1. The zero-order valence-corrected chi connectivity index (χ0v) is 10.8. The zero-order chi connectivity index (χ0) is 13.8. The fraction of sp³-hybridized carbons (Fsp3) is 0.385. The highest BCUT2D eigenvalue weighted by molar-refractivity contribution is 5.88. The summed E-state index contributed by atoms with van der Waals surface area (Å²) in [5.74, 6) is -0.965. The Morgan fingerprint density at radius 3 is 2.11 bits per heavy atom. The van der Waals surface area contributed by atoms with Gasteiger partial charge in [0.05, 0.1) is 5.41 Å². The van der Waals surface area contributed by atoms with Gasteiger partial charge in [0.1, 0.15) is 0 Å². The third-order valence-electron chi connectivity index (χ3n) is 2.52. The number of hydrogen-bond donors (Lipinski definition) is 3. The quantitative estimate of drug-likeness (QED) is 0.748. The number of amides is 1. The molecular weight excluding hydrogens is 232 g/mol. The van der Waals surface area contributed by atoms with E-state index in [1.54, 1.807) is 38.1 Å². The Kier molecular flexibility index (Phi) is 4.31. The van der Waals surface area contributed by atoms with Crippen LogP contribution in [0.25, 0.3) is 0 Å². The van der Waals surface area contributed by atoms with Crippen LogP contribution in [0.15, 0.2) is 24.3 Å². The predicted octanol–water partition coefficient (Wildman–Crippen LogP) is 2.17. The third kappa shape index (κ3) is 4.08. The first-order valence-electron chi connectivity index (χ1n) is 5.66. The number of carboxylic acid groups (broad SMARTS) is 1. The van der Waals surface area contributed by atoms with Gasteiger partial charge in [-0.3, -0.25) is 9.59 Å². The molecule has 0 radical (unpaired) electrons. The predicted molar refractivity (Wildman–Crippen MR) is 70.7 cm³/mol.